The Morgan fingerprint density at radius 1 is 1.27 bits per heavy atom. The maximum absolute atomic E-state index is 4.67. The van der Waals surface area contributed by atoms with Crippen molar-refractivity contribution < 1.29 is 0 Å². The van der Waals surface area contributed by atoms with Crippen LogP contribution < -0.4 is 5.32 Å². The SMILES string of the molecule is CC1=Nc2ccccc2NC(C)(C)C1C. The fourth-order valence-corrected chi connectivity index (χ4v) is 1.94. The minimum absolute atomic E-state index is 0.0557. The van der Waals surface area contributed by atoms with Crippen LogP contribution in [0, 0.1) is 5.92 Å². The van der Waals surface area contributed by atoms with E-state index in [1.165, 1.54) is 5.71 Å². The van der Waals surface area contributed by atoms with E-state index in [4.69, 9.17) is 0 Å². The highest BCUT2D eigenvalue weighted by Gasteiger charge is 2.30. The van der Waals surface area contributed by atoms with Crippen LogP contribution in [0.15, 0.2) is 29.3 Å². The van der Waals surface area contributed by atoms with Crippen molar-refractivity contribution in [2.75, 3.05) is 5.32 Å². The molecule has 1 aliphatic rings. The smallest absolute Gasteiger partial charge is 0.0860 e. The normalized spacial score (nSPS) is 23.5. The number of rotatable bonds is 0. The van der Waals surface area contributed by atoms with Crippen molar-refractivity contribution in [2.24, 2.45) is 10.9 Å². The number of nitrogens with one attached hydrogen (secondary N) is 1. The summed E-state index contributed by atoms with van der Waals surface area (Å²) in [5.74, 6) is 0.435. The van der Waals surface area contributed by atoms with Gasteiger partial charge in [0.1, 0.15) is 0 Å². The van der Waals surface area contributed by atoms with Gasteiger partial charge in [0.15, 0.2) is 0 Å². The van der Waals surface area contributed by atoms with Crippen molar-refractivity contribution in [2.45, 2.75) is 33.2 Å². The van der Waals surface area contributed by atoms with Gasteiger partial charge in [0, 0.05) is 17.2 Å². The predicted molar refractivity (Wildman–Crippen MR) is 66.1 cm³/mol. The molecular formula is C13H18N2. The zero-order valence-electron chi connectivity index (χ0n) is 9.83. The summed E-state index contributed by atoms with van der Waals surface area (Å²) >= 11 is 0. The van der Waals surface area contributed by atoms with Gasteiger partial charge < -0.3 is 5.32 Å². The number of benzene rings is 1. The lowest BCUT2D eigenvalue weighted by Crippen LogP contribution is -2.40. The molecule has 1 heterocycles. The molecule has 2 nitrogen and oxygen atoms in total. The zero-order valence-corrected chi connectivity index (χ0v) is 9.83. The Morgan fingerprint density at radius 2 is 1.93 bits per heavy atom. The second-order valence-electron chi connectivity index (χ2n) is 4.84. The molecule has 1 atom stereocenters. The second kappa shape index (κ2) is 3.37. The third kappa shape index (κ3) is 1.76. The van der Waals surface area contributed by atoms with E-state index in [-0.39, 0.29) is 5.54 Å². The lowest BCUT2D eigenvalue weighted by molar-refractivity contribution is 0.471. The third-order valence-corrected chi connectivity index (χ3v) is 3.37. The standard InChI is InChI=1S/C13H18N2/c1-9-10(2)14-11-7-5-6-8-12(11)15-13(9,3)4/h5-9,15H,1-4H3. The molecule has 2 rings (SSSR count). The summed E-state index contributed by atoms with van der Waals surface area (Å²) in [4.78, 5) is 4.67. The van der Waals surface area contributed by atoms with Crippen molar-refractivity contribution in [3.63, 3.8) is 0 Å². The molecule has 0 aliphatic carbocycles. The molecule has 1 aliphatic heterocycles. The van der Waals surface area contributed by atoms with Crippen LogP contribution in [0.25, 0.3) is 0 Å². The summed E-state index contributed by atoms with van der Waals surface area (Å²) in [6.45, 7) is 8.77. The number of hydrogen-bond acceptors (Lipinski definition) is 2. The number of fused-ring (bicyclic) bond motifs is 1. The van der Waals surface area contributed by atoms with Crippen molar-refractivity contribution in [1.29, 1.82) is 0 Å². The Bertz CT molecular complexity index is 405. The van der Waals surface area contributed by atoms with Gasteiger partial charge in [-0.1, -0.05) is 19.1 Å². The van der Waals surface area contributed by atoms with Crippen molar-refractivity contribution in [1.82, 2.24) is 0 Å². The monoisotopic (exact) mass is 202 g/mol. The van der Waals surface area contributed by atoms with Crippen molar-refractivity contribution >= 4 is 17.1 Å². The van der Waals surface area contributed by atoms with Gasteiger partial charge in [0.25, 0.3) is 0 Å². The lowest BCUT2D eigenvalue weighted by atomic mass is 9.86. The molecule has 0 saturated heterocycles. The molecule has 2 heteroatoms. The maximum Gasteiger partial charge on any atom is 0.0860 e. The molecule has 0 spiro atoms. The van der Waals surface area contributed by atoms with Crippen LogP contribution >= 0.6 is 0 Å². The molecule has 0 bridgehead atoms. The van der Waals surface area contributed by atoms with Gasteiger partial charge in [-0.05, 0) is 32.9 Å². The van der Waals surface area contributed by atoms with Gasteiger partial charge in [0.05, 0.1) is 11.4 Å². The van der Waals surface area contributed by atoms with Crippen LogP contribution in [0.2, 0.25) is 0 Å². The van der Waals surface area contributed by atoms with Crippen LogP contribution in [0.4, 0.5) is 11.4 Å². The van der Waals surface area contributed by atoms with E-state index >= 15 is 0 Å². The van der Waals surface area contributed by atoms with Crippen LogP contribution in [0.1, 0.15) is 27.7 Å². The van der Waals surface area contributed by atoms with Gasteiger partial charge in [-0.3, -0.25) is 4.99 Å². The van der Waals surface area contributed by atoms with Gasteiger partial charge in [0.2, 0.25) is 0 Å². The molecule has 1 aromatic carbocycles. The Hall–Kier alpha value is -1.31. The minimum Gasteiger partial charge on any atom is -0.378 e. The molecule has 0 amide bonds. The summed E-state index contributed by atoms with van der Waals surface area (Å²) in [6, 6.07) is 8.22. The first-order valence-electron chi connectivity index (χ1n) is 5.43. The highest BCUT2D eigenvalue weighted by molar-refractivity contribution is 5.91. The van der Waals surface area contributed by atoms with Crippen molar-refractivity contribution in [3.8, 4) is 0 Å². The Balaban J connectivity index is 2.54. The topological polar surface area (TPSA) is 24.4 Å². The number of nitrogens with zero attached hydrogens (tertiary/aromatic N) is 1. The van der Waals surface area contributed by atoms with E-state index in [9.17, 15) is 0 Å². The van der Waals surface area contributed by atoms with E-state index in [1.807, 2.05) is 12.1 Å². The van der Waals surface area contributed by atoms with Gasteiger partial charge in [-0.2, -0.15) is 0 Å². The van der Waals surface area contributed by atoms with E-state index < -0.39 is 0 Å². The van der Waals surface area contributed by atoms with Crippen LogP contribution in [-0.2, 0) is 0 Å². The molecule has 80 valence electrons. The van der Waals surface area contributed by atoms with E-state index in [0.29, 0.717) is 5.92 Å². The molecule has 0 radical (unpaired) electrons. The number of anilines is 1. The second-order valence-corrected chi connectivity index (χ2v) is 4.84. The number of hydrogen-bond donors (Lipinski definition) is 1. The first-order valence-corrected chi connectivity index (χ1v) is 5.43. The number of aliphatic imine (C=N–C) groups is 1. The predicted octanol–water partition coefficient (Wildman–Crippen LogP) is 3.62. The molecular weight excluding hydrogens is 184 g/mol. The van der Waals surface area contributed by atoms with Gasteiger partial charge in [-0.25, -0.2) is 0 Å². The maximum atomic E-state index is 4.67. The fourth-order valence-electron chi connectivity index (χ4n) is 1.94. The van der Waals surface area contributed by atoms with E-state index in [2.05, 4.69) is 50.1 Å². The molecule has 1 aromatic rings. The summed E-state index contributed by atoms with van der Waals surface area (Å²) in [6.07, 6.45) is 0. The Labute approximate surface area is 91.4 Å². The first-order chi connectivity index (χ1) is 7.00. The molecule has 0 saturated carbocycles. The number of para-hydroxylation sites is 2. The third-order valence-electron chi connectivity index (χ3n) is 3.37. The summed E-state index contributed by atoms with van der Waals surface area (Å²) in [7, 11) is 0. The van der Waals surface area contributed by atoms with Crippen LogP contribution in [0.5, 0.6) is 0 Å². The molecule has 0 aromatic heterocycles. The molecule has 15 heavy (non-hydrogen) atoms. The highest BCUT2D eigenvalue weighted by Crippen LogP contribution is 2.34. The first kappa shape index (κ1) is 10.2. The summed E-state index contributed by atoms with van der Waals surface area (Å²) < 4.78 is 0. The van der Waals surface area contributed by atoms with E-state index in [1.54, 1.807) is 0 Å². The minimum atomic E-state index is 0.0557. The Morgan fingerprint density at radius 3 is 2.67 bits per heavy atom. The van der Waals surface area contributed by atoms with Gasteiger partial charge in [-0.15, -0.1) is 0 Å². The molecule has 1 N–H and O–H groups in total. The lowest BCUT2D eigenvalue weighted by Gasteiger charge is -2.32. The summed E-state index contributed by atoms with van der Waals surface area (Å²) in [5.41, 5.74) is 3.43. The quantitative estimate of drug-likeness (QED) is 0.682. The fraction of sp³-hybridized carbons (Fsp3) is 0.462. The zero-order chi connectivity index (χ0) is 11.1. The van der Waals surface area contributed by atoms with Gasteiger partial charge >= 0.3 is 0 Å². The van der Waals surface area contributed by atoms with Crippen LogP contribution in [0.3, 0.4) is 0 Å². The largest absolute Gasteiger partial charge is 0.378 e. The Kier molecular flexibility index (Phi) is 2.29. The van der Waals surface area contributed by atoms with Crippen molar-refractivity contribution in [3.05, 3.63) is 24.3 Å². The molecule has 0 fully saturated rings. The average molecular weight is 202 g/mol. The van der Waals surface area contributed by atoms with E-state index in [0.717, 1.165) is 11.4 Å². The van der Waals surface area contributed by atoms with Crippen LogP contribution in [-0.4, -0.2) is 11.3 Å². The highest BCUT2D eigenvalue weighted by atomic mass is 15.0. The molecule has 1 unspecified atom stereocenters. The summed E-state index contributed by atoms with van der Waals surface area (Å²) in [5, 5.41) is 3.56. The average Bonchev–Trinajstić information content (AvgIpc) is 2.26.